The normalized spacial score (nSPS) is 14.4. The van der Waals surface area contributed by atoms with Crippen molar-refractivity contribution in [2.24, 2.45) is 13.0 Å². The van der Waals surface area contributed by atoms with Gasteiger partial charge < -0.3 is 15.2 Å². The zero-order chi connectivity index (χ0) is 24.1. The average Bonchev–Trinajstić information content (AvgIpc) is 2.84. The Bertz CT molecular complexity index is 1220. The molecule has 1 fully saturated rings. The maximum Gasteiger partial charge on any atom is 0.276 e. The van der Waals surface area contributed by atoms with Gasteiger partial charge in [-0.15, -0.1) is 0 Å². The molecule has 0 aliphatic carbocycles. The number of nitrogens with zero attached hydrogens (tertiary/aromatic N) is 2. The summed E-state index contributed by atoms with van der Waals surface area (Å²) in [5.74, 6) is -0.00563. The van der Waals surface area contributed by atoms with E-state index in [4.69, 9.17) is 16.3 Å². The van der Waals surface area contributed by atoms with Gasteiger partial charge in [-0.2, -0.15) is 5.10 Å². The minimum atomic E-state index is -0.510. The molecule has 3 aromatic rings. The van der Waals surface area contributed by atoms with Gasteiger partial charge >= 0.3 is 0 Å². The van der Waals surface area contributed by atoms with E-state index in [0.717, 1.165) is 49.2 Å². The van der Waals surface area contributed by atoms with E-state index in [1.165, 1.54) is 0 Å². The van der Waals surface area contributed by atoms with Crippen LogP contribution in [0.2, 0.25) is 5.02 Å². The molecule has 4 rings (SSSR count). The van der Waals surface area contributed by atoms with Crippen LogP contribution in [0.15, 0.2) is 41.2 Å². The van der Waals surface area contributed by atoms with Crippen molar-refractivity contribution in [1.29, 1.82) is 0 Å². The molecule has 0 atom stereocenters. The third-order valence-electron chi connectivity index (χ3n) is 6.33. The zero-order valence-electron chi connectivity index (χ0n) is 19.3. The van der Waals surface area contributed by atoms with Crippen molar-refractivity contribution in [1.82, 2.24) is 15.1 Å². The molecule has 8 heteroatoms. The standard InChI is InChI=1S/C26H30ClN3O4/c1-30-24-20(3-2-10-31)14-19(13-17-8-11-34-12-9-17)15-22(24)25(32)23(29-30)26(33)28-16-18-4-6-21(27)7-5-18/h4-7,14-15,17,31H,2-3,8-13,16H2,1H3,(H,28,33). The van der Waals surface area contributed by atoms with Crippen LogP contribution in [0.4, 0.5) is 0 Å². The fourth-order valence-corrected chi connectivity index (χ4v) is 4.69. The Morgan fingerprint density at radius 3 is 2.65 bits per heavy atom. The SMILES string of the molecule is Cn1nc(C(=O)NCc2ccc(Cl)cc2)c(=O)c2cc(CC3CCOCC3)cc(CCCO)c21. The lowest BCUT2D eigenvalue weighted by atomic mass is 9.90. The Morgan fingerprint density at radius 1 is 1.21 bits per heavy atom. The molecule has 0 spiro atoms. The second-order valence-electron chi connectivity index (χ2n) is 8.85. The molecule has 34 heavy (non-hydrogen) atoms. The minimum Gasteiger partial charge on any atom is -0.396 e. The number of carbonyl (C=O) groups is 1. The van der Waals surface area contributed by atoms with Crippen LogP contribution >= 0.6 is 11.6 Å². The zero-order valence-corrected chi connectivity index (χ0v) is 20.1. The van der Waals surface area contributed by atoms with Crippen molar-refractivity contribution < 1.29 is 14.6 Å². The highest BCUT2D eigenvalue weighted by Crippen LogP contribution is 2.25. The summed E-state index contributed by atoms with van der Waals surface area (Å²) in [5.41, 5.74) is 3.13. The monoisotopic (exact) mass is 483 g/mol. The number of benzene rings is 2. The number of ether oxygens (including phenoxy) is 1. The highest BCUT2D eigenvalue weighted by Gasteiger charge is 2.21. The van der Waals surface area contributed by atoms with E-state index in [-0.39, 0.29) is 24.3 Å². The summed E-state index contributed by atoms with van der Waals surface area (Å²) in [6, 6.07) is 11.2. The smallest absolute Gasteiger partial charge is 0.276 e. The molecule has 2 heterocycles. The van der Waals surface area contributed by atoms with Gasteiger partial charge in [0.1, 0.15) is 0 Å². The maximum atomic E-state index is 13.4. The van der Waals surface area contributed by atoms with Crippen molar-refractivity contribution in [3.05, 3.63) is 74.0 Å². The molecule has 1 aliphatic heterocycles. The summed E-state index contributed by atoms with van der Waals surface area (Å²) in [6.07, 6.45) is 4.07. The van der Waals surface area contributed by atoms with Gasteiger partial charge in [-0.25, -0.2) is 0 Å². The number of aryl methyl sites for hydroxylation is 2. The van der Waals surface area contributed by atoms with Gasteiger partial charge in [-0.05, 0) is 72.9 Å². The van der Waals surface area contributed by atoms with Crippen molar-refractivity contribution in [3.63, 3.8) is 0 Å². The van der Waals surface area contributed by atoms with Crippen molar-refractivity contribution in [3.8, 4) is 0 Å². The molecule has 7 nitrogen and oxygen atoms in total. The Hall–Kier alpha value is -2.74. The molecule has 2 N–H and O–H groups in total. The number of nitrogens with one attached hydrogen (secondary N) is 1. The number of amides is 1. The molecule has 2 aromatic carbocycles. The van der Waals surface area contributed by atoms with Crippen LogP contribution in [-0.2, 0) is 31.2 Å². The fraction of sp³-hybridized carbons (Fsp3) is 0.423. The molecule has 0 radical (unpaired) electrons. The van der Waals surface area contributed by atoms with Crippen molar-refractivity contribution >= 4 is 28.4 Å². The van der Waals surface area contributed by atoms with Crippen LogP contribution in [0, 0.1) is 5.92 Å². The fourth-order valence-electron chi connectivity index (χ4n) is 4.57. The number of halogens is 1. The van der Waals surface area contributed by atoms with Crippen LogP contribution in [-0.4, -0.2) is 40.6 Å². The largest absolute Gasteiger partial charge is 0.396 e. The number of aromatic nitrogens is 2. The van der Waals surface area contributed by atoms with Gasteiger partial charge in [0.25, 0.3) is 5.91 Å². The van der Waals surface area contributed by atoms with Gasteiger partial charge in [0, 0.05) is 38.4 Å². The highest BCUT2D eigenvalue weighted by atomic mass is 35.5. The second kappa shape index (κ2) is 11.1. The molecule has 1 aliphatic rings. The van der Waals surface area contributed by atoms with Crippen LogP contribution in [0.5, 0.6) is 0 Å². The van der Waals surface area contributed by atoms with E-state index in [0.29, 0.717) is 34.7 Å². The molecule has 180 valence electrons. The molecule has 1 aromatic heterocycles. The highest BCUT2D eigenvalue weighted by molar-refractivity contribution is 6.30. The summed E-state index contributed by atoms with van der Waals surface area (Å²) in [4.78, 5) is 26.3. The first-order chi connectivity index (χ1) is 16.5. The van der Waals surface area contributed by atoms with Gasteiger partial charge in [0.2, 0.25) is 5.43 Å². The van der Waals surface area contributed by atoms with E-state index in [1.54, 1.807) is 23.9 Å². The number of hydrogen-bond donors (Lipinski definition) is 2. The molecule has 1 saturated heterocycles. The predicted octanol–water partition coefficient (Wildman–Crippen LogP) is 3.41. The first-order valence-corrected chi connectivity index (χ1v) is 12.1. The quantitative estimate of drug-likeness (QED) is 0.512. The van der Waals surface area contributed by atoms with Gasteiger partial charge in [0.05, 0.1) is 10.9 Å². The van der Waals surface area contributed by atoms with Gasteiger partial charge in [0.15, 0.2) is 5.69 Å². The Kier molecular flexibility index (Phi) is 7.98. The summed E-state index contributed by atoms with van der Waals surface area (Å²) >= 11 is 5.92. The van der Waals surface area contributed by atoms with E-state index in [2.05, 4.69) is 16.5 Å². The first kappa shape index (κ1) is 24.4. The van der Waals surface area contributed by atoms with Gasteiger partial charge in [-0.3, -0.25) is 14.3 Å². The summed E-state index contributed by atoms with van der Waals surface area (Å²) in [5, 5.41) is 17.6. The van der Waals surface area contributed by atoms with E-state index in [9.17, 15) is 14.7 Å². The molecule has 0 bridgehead atoms. The number of fused-ring (bicyclic) bond motifs is 1. The molecular weight excluding hydrogens is 454 g/mol. The van der Waals surface area contributed by atoms with Crippen LogP contribution in [0.25, 0.3) is 10.9 Å². The number of carbonyl (C=O) groups excluding carboxylic acids is 1. The topological polar surface area (TPSA) is 93.5 Å². The van der Waals surface area contributed by atoms with Crippen LogP contribution in [0.3, 0.4) is 0 Å². The number of rotatable bonds is 8. The van der Waals surface area contributed by atoms with Crippen LogP contribution in [0.1, 0.15) is 46.4 Å². The summed E-state index contributed by atoms with van der Waals surface area (Å²) < 4.78 is 7.09. The average molecular weight is 484 g/mol. The lowest BCUT2D eigenvalue weighted by Gasteiger charge is -2.22. The predicted molar refractivity (Wildman–Crippen MR) is 132 cm³/mol. The second-order valence-corrected chi connectivity index (χ2v) is 9.29. The lowest BCUT2D eigenvalue weighted by Crippen LogP contribution is -2.31. The Balaban J connectivity index is 1.67. The van der Waals surface area contributed by atoms with Crippen molar-refractivity contribution in [2.45, 2.75) is 38.6 Å². The molecule has 0 saturated carbocycles. The third-order valence-corrected chi connectivity index (χ3v) is 6.58. The molecule has 1 amide bonds. The van der Waals surface area contributed by atoms with E-state index < -0.39 is 5.91 Å². The number of hydrogen-bond acceptors (Lipinski definition) is 5. The number of aliphatic hydroxyl groups excluding tert-OH is 1. The first-order valence-electron chi connectivity index (χ1n) is 11.7. The van der Waals surface area contributed by atoms with E-state index >= 15 is 0 Å². The lowest BCUT2D eigenvalue weighted by molar-refractivity contribution is 0.0665. The van der Waals surface area contributed by atoms with E-state index in [1.807, 2.05) is 18.2 Å². The molecular formula is C26H30ClN3O4. The third kappa shape index (κ3) is 5.66. The van der Waals surface area contributed by atoms with Gasteiger partial charge in [-0.1, -0.05) is 29.8 Å². The maximum absolute atomic E-state index is 13.4. The molecule has 0 unspecified atom stereocenters. The Morgan fingerprint density at radius 2 is 1.94 bits per heavy atom. The summed E-state index contributed by atoms with van der Waals surface area (Å²) in [6.45, 7) is 1.86. The number of aliphatic hydroxyl groups is 1. The van der Waals surface area contributed by atoms with Crippen LogP contribution < -0.4 is 10.7 Å². The van der Waals surface area contributed by atoms with Crippen molar-refractivity contribution in [2.75, 3.05) is 19.8 Å². The Labute approximate surface area is 203 Å². The minimum absolute atomic E-state index is 0.0677. The summed E-state index contributed by atoms with van der Waals surface area (Å²) in [7, 11) is 1.75.